The summed E-state index contributed by atoms with van der Waals surface area (Å²) in [4.78, 5) is 22.1. The number of benzene rings is 1. The molecule has 1 N–H and O–H groups in total. The third kappa shape index (κ3) is 2.84. The summed E-state index contributed by atoms with van der Waals surface area (Å²) in [6.45, 7) is -0.479. The van der Waals surface area contributed by atoms with Crippen molar-refractivity contribution in [2.75, 3.05) is 11.4 Å². The lowest BCUT2D eigenvalue weighted by atomic mass is 10.3. The van der Waals surface area contributed by atoms with Gasteiger partial charge in [0.2, 0.25) is 6.41 Å². The molecule has 6 heteroatoms. The highest BCUT2D eigenvalue weighted by Crippen LogP contribution is 2.32. The maximum Gasteiger partial charge on any atom is 0.323 e. The van der Waals surface area contributed by atoms with Crippen LogP contribution in [0, 0.1) is 0 Å². The smallest absolute Gasteiger partial charge is 0.323 e. The van der Waals surface area contributed by atoms with Gasteiger partial charge in [0, 0.05) is 0 Å². The molecule has 0 bridgehead atoms. The Morgan fingerprint density at radius 3 is 2.33 bits per heavy atom. The summed E-state index contributed by atoms with van der Waals surface area (Å²) in [6.07, 6.45) is 0.376. The zero-order chi connectivity index (χ0) is 11.4. The topological polar surface area (TPSA) is 57.6 Å². The fraction of sp³-hybridized carbons (Fsp3) is 0.111. The van der Waals surface area contributed by atoms with Crippen LogP contribution in [0.5, 0.6) is 0 Å². The zero-order valence-corrected chi connectivity index (χ0v) is 9.00. The van der Waals surface area contributed by atoms with Crippen LogP contribution in [0.4, 0.5) is 5.69 Å². The third-order valence-electron chi connectivity index (χ3n) is 1.66. The quantitative estimate of drug-likeness (QED) is 0.829. The standard InChI is InChI=1S/C9H7Cl2NO3/c10-6-2-1-3-7(11)9(6)12(5-13)4-8(14)15/h1-3,5H,4H2,(H,14,15). The van der Waals surface area contributed by atoms with E-state index in [-0.39, 0.29) is 15.7 Å². The molecule has 0 aliphatic carbocycles. The molecule has 1 aromatic carbocycles. The van der Waals surface area contributed by atoms with Crippen LogP contribution in [0.25, 0.3) is 0 Å². The lowest BCUT2D eigenvalue weighted by Gasteiger charge is -2.17. The second kappa shape index (κ2) is 5.00. The number of para-hydroxylation sites is 1. The summed E-state index contributed by atoms with van der Waals surface area (Å²) in [7, 11) is 0. The highest BCUT2D eigenvalue weighted by atomic mass is 35.5. The summed E-state index contributed by atoms with van der Waals surface area (Å²) in [5.41, 5.74) is 0.207. The molecule has 0 saturated heterocycles. The number of amides is 1. The molecular formula is C9H7Cl2NO3. The summed E-state index contributed by atoms with van der Waals surface area (Å²) in [6, 6.07) is 4.67. The average molecular weight is 248 g/mol. The second-order valence-electron chi connectivity index (χ2n) is 2.70. The predicted molar refractivity (Wildman–Crippen MR) is 57.5 cm³/mol. The predicted octanol–water partition coefficient (Wildman–Crippen LogP) is 2.04. The molecule has 0 aliphatic rings. The van der Waals surface area contributed by atoms with Crippen molar-refractivity contribution in [1.82, 2.24) is 0 Å². The van der Waals surface area contributed by atoms with Gasteiger partial charge < -0.3 is 10.0 Å². The molecule has 0 fully saturated rings. The van der Waals surface area contributed by atoms with Crippen molar-refractivity contribution in [3.8, 4) is 0 Å². The molecule has 0 aromatic heterocycles. The van der Waals surface area contributed by atoms with Crippen LogP contribution in [0.15, 0.2) is 18.2 Å². The molecule has 15 heavy (non-hydrogen) atoms. The van der Waals surface area contributed by atoms with Gasteiger partial charge in [0.1, 0.15) is 6.54 Å². The fourth-order valence-electron chi connectivity index (χ4n) is 1.08. The van der Waals surface area contributed by atoms with Crippen molar-refractivity contribution < 1.29 is 14.7 Å². The lowest BCUT2D eigenvalue weighted by molar-refractivity contribution is -0.136. The summed E-state index contributed by atoms with van der Waals surface area (Å²) in [5, 5.41) is 9.04. The van der Waals surface area contributed by atoms with E-state index in [9.17, 15) is 9.59 Å². The van der Waals surface area contributed by atoms with Gasteiger partial charge in [0.05, 0.1) is 15.7 Å². The fourth-order valence-corrected chi connectivity index (χ4v) is 1.69. The molecule has 0 atom stereocenters. The molecule has 0 heterocycles. The van der Waals surface area contributed by atoms with Crippen LogP contribution < -0.4 is 4.90 Å². The molecule has 1 aromatic rings. The van der Waals surface area contributed by atoms with Gasteiger partial charge in [-0.3, -0.25) is 9.59 Å². The number of hydrogen-bond acceptors (Lipinski definition) is 2. The number of rotatable bonds is 4. The van der Waals surface area contributed by atoms with E-state index in [1.54, 1.807) is 6.07 Å². The average Bonchev–Trinajstić information content (AvgIpc) is 2.15. The zero-order valence-electron chi connectivity index (χ0n) is 7.48. The van der Waals surface area contributed by atoms with Crippen LogP contribution in [0.3, 0.4) is 0 Å². The number of carbonyl (C=O) groups is 2. The first-order valence-corrected chi connectivity index (χ1v) is 4.69. The van der Waals surface area contributed by atoms with E-state index in [4.69, 9.17) is 28.3 Å². The van der Waals surface area contributed by atoms with E-state index in [1.165, 1.54) is 12.1 Å². The minimum absolute atomic E-state index is 0.207. The Labute approximate surface area is 96.0 Å². The van der Waals surface area contributed by atoms with E-state index in [0.717, 1.165) is 4.90 Å². The summed E-state index contributed by atoms with van der Waals surface area (Å²) >= 11 is 11.6. The minimum Gasteiger partial charge on any atom is -0.480 e. The van der Waals surface area contributed by atoms with E-state index < -0.39 is 12.5 Å². The summed E-state index contributed by atoms with van der Waals surface area (Å²) < 4.78 is 0. The Morgan fingerprint density at radius 1 is 1.40 bits per heavy atom. The van der Waals surface area contributed by atoms with Crippen molar-refractivity contribution in [2.45, 2.75) is 0 Å². The summed E-state index contributed by atoms with van der Waals surface area (Å²) in [5.74, 6) is -1.14. The van der Waals surface area contributed by atoms with Crippen molar-refractivity contribution in [3.63, 3.8) is 0 Å². The number of nitrogens with zero attached hydrogens (tertiary/aromatic N) is 1. The Hall–Kier alpha value is -1.26. The van der Waals surface area contributed by atoms with Gasteiger partial charge in [-0.1, -0.05) is 29.3 Å². The van der Waals surface area contributed by atoms with Gasteiger partial charge >= 0.3 is 5.97 Å². The van der Waals surface area contributed by atoms with Crippen molar-refractivity contribution >= 4 is 41.3 Å². The van der Waals surface area contributed by atoms with Gasteiger partial charge in [0.15, 0.2) is 0 Å². The first-order chi connectivity index (χ1) is 7.06. The Kier molecular flexibility index (Phi) is 3.94. The van der Waals surface area contributed by atoms with Gasteiger partial charge in [-0.2, -0.15) is 0 Å². The molecule has 1 rings (SSSR count). The largest absolute Gasteiger partial charge is 0.480 e. The highest BCUT2D eigenvalue weighted by Gasteiger charge is 2.15. The van der Waals surface area contributed by atoms with E-state index in [1.807, 2.05) is 0 Å². The number of halogens is 2. The van der Waals surface area contributed by atoms with Crippen molar-refractivity contribution in [2.24, 2.45) is 0 Å². The normalized spacial score (nSPS) is 9.73. The number of hydrogen-bond donors (Lipinski definition) is 1. The maximum absolute atomic E-state index is 10.7. The molecule has 80 valence electrons. The molecule has 0 aliphatic heterocycles. The molecule has 0 radical (unpaired) electrons. The van der Waals surface area contributed by atoms with Gasteiger partial charge in [0.25, 0.3) is 0 Å². The highest BCUT2D eigenvalue weighted by molar-refractivity contribution is 6.39. The monoisotopic (exact) mass is 247 g/mol. The first kappa shape index (κ1) is 11.8. The Bertz CT molecular complexity index is 375. The SMILES string of the molecule is O=CN(CC(=O)O)c1c(Cl)cccc1Cl. The van der Waals surface area contributed by atoms with Crippen LogP contribution in [0.2, 0.25) is 10.0 Å². The van der Waals surface area contributed by atoms with E-state index in [0.29, 0.717) is 6.41 Å². The number of carboxylic acids is 1. The molecule has 0 unspecified atom stereocenters. The van der Waals surface area contributed by atoms with E-state index >= 15 is 0 Å². The number of carboxylic acid groups (broad SMARTS) is 1. The van der Waals surface area contributed by atoms with Crippen LogP contribution in [-0.4, -0.2) is 24.0 Å². The number of aliphatic carboxylic acids is 1. The number of anilines is 1. The van der Waals surface area contributed by atoms with Crippen LogP contribution in [0.1, 0.15) is 0 Å². The minimum atomic E-state index is -1.14. The van der Waals surface area contributed by atoms with Gasteiger partial charge in [-0.25, -0.2) is 0 Å². The Morgan fingerprint density at radius 2 is 1.93 bits per heavy atom. The van der Waals surface area contributed by atoms with Crippen molar-refractivity contribution in [1.29, 1.82) is 0 Å². The number of carbonyl (C=O) groups excluding carboxylic acids is 1. The van der Waals surface area contributed by atoms with E-state index in [2.05, 4.69) is 0 Å². The van der Waals surface area contributed by atoms with Gasteiger partial charge in [-0.15, -0.1) is 0 Å². The molecule has 0 saturated carbocycles. The molecule has 0 spiro atoms. The van der Waals surface area contributed by atoms with Crippen molar-refractivity contribution in [3.05, 3.63) is 28.2 Å². The van der Waals surface area contributed by atoms with Crippen LogP contribution >= 0.6 is 23.2 Å². The van der Waals surface area contributed by atoms with Gasteiger partial charge in [-0.05, 0) is 12.1 Å². The maximum atomic E-state index is 10.7. The lowest BCUT2D eigenvalue weighted by Crippen LogP contribution is -2.28. The molecule has 4 nitrogen and oxygen atoms in total. The third-order valence-corrected chi connectivity index (χ3v) is 2.27. The Balaban J connectivity index is 3.11. The molecular weight excluding hydrogens is 241 g/mol. The van der Waals surface area contributed by atoms with Crippen LogP contribution in [-0.2, 0) is 9.59 Å². The second-order valence-corrected chi connectivity index (χ2v) is 3.51. The first-order valence-electron chi connectivity index (χ1n) is 3.94. The molecule has 1 amide bonds.